The van der Waals surface area contributed by atoms with Gasteiger partial charge in [0.25, 0.3) is 5.56 Å². The first-order valence-corrected chi connectivity index (χ1v) is 11.9. The van der Waals surface area contributed by atoms with Crippen LogP contribution in [-0.2, 0) is 12.3 Å². The van der Waals surface area contributed by atoms with E-state index in [-0.39, 0.29) is 5.56 Å². The van der Waals surface area contributed by atoms with Crippen LogP contribution in [0.4, 0.5) is 0 Å². The quantitative estimate of drug-likeness (QED) is 0.251. The molecule has 0 unspecified atom stereocenters. The van der Waals surface area contributed by atoms with E-state index in [0.29, 0.717) is 45.6 Å². The van der Waals surface area contributed by atoms with Crippen LogP contribution in [0.5, 0.6) is 17.2 Å². The molecule has 0 N–H and O–H groups in total. The summed E-state index contributed by atoms with van der Waals surface area (Å²) < 4.78 is 18.3. The van der Waals surface area contributed by atoms with E-state index in [9.17, 15) is 4.79 Å². The van der Waals surface area contributed by atoms with E-state index in [1.54, 1.807) is 10.6 Å². The first kappa shape index (κ1) is 23.7. The summed E-state index contributed by atoms with van der Waals surface area (Å²) in [5.41, 5.74) is 4.99. The zero-order valence-corrected chi connectivity index (χ0v) is 20.9. The maximum Gasteiger partial charge on any atom is 0.262 e. The number of thioether (sulfide) groups is 1. The molecule has 176 valence electrons. The van der Waals surface area contributed by atoms with Gasteiger partial charge in [-0.2, -0.15) is 0 Å². The van der Waals surface area contributed by atoms with Crippen molar-refractivity contribution < 1.29 is 14.2 Å². The summed E-state index contributed by atoms with van der Waals surface area (Å²) in [7, 11) is 4.61. The van der Waals surface area contributed by atoms with Crippen molar-refractivity contribution in [2.45, 2.75) is 31.3 Å². The van der Waals surface area contributed by atoms with Crippen LogP contribution in [0.15, 0.2) is 64.5 Å². The van der Waals surface area contributed by atoms with Gasteiger partial charge in [0.15, 0.2) is 16.7 Å². The van der Waals surface area contributed by atoms with E-state index >= 15 is 0 Å². The summed E-state index contributed by atoms with van der Waals surface area (Å²) >= 11 is 1.53. The number of aromatic nitrogens is 2. The summed E-state index contributed by atoms with van der Waals surface area (Å²) in [5.74, 6) is 1.90. The molecule has 0 atom stereocenters. The third-order valence-electron chi connectivity index (χ3n) is 5.84. The van der Waals surface area contributed by atoms with Crippen molar-refractivity contribution in [2.24, 2.45) is 0 Å². The predicted molar refractivity (Wildman–Crippen MR) is 137 cm³/mol. The second kappa shape index (κ2) is 10.2. The van der Waals surface area contributed by atoms with Crippen LogP contribution in [0.1, 0.15) is 22.3 Å². The van der Waals surface area contributed by atoms with Crippen LogP contribution < -0.4 is 19.8 Å². The van der Waals surface area contributed by atoms with Gasteiger partial charge < -0.3 is 14.2 Å². The van der Waals surface area contributed by atoms with Crippen molar-refractivity contribution in [2.75, 3.05) is 21.3 Å². The molecule has 1 heterocycles. The zero-order chi connectivity index (χ0) is 24.2. The maximum absolute atomic E-state index is 13.8. The number of fused-ring (bicyclic) bond motifs is 1. The van der Waals surface area contributed by atoms with Crippen molar-refractivity contribution >= 4 is 22.7 Å². The van der Waals surface area contributed by atoms with Gasteiger partial charge >= 0.3 is 0 Å². The number of aryl methyl sites for hydroxylation is 2. The molecule has 0 spiro atoms. The van der Waals surface area contributed by atoms with Crippen LogP contribution in [0, 0.1) is 13.8 Å². The summed E-state index contributed by atoms with van der Waals surface area (Å²) in [4.78, 5) is 18.7. The lowest BCUT2D eigenvalue weighted by molar-refractivity contribution is 0.326. The molecule has 4 aromatic rings. The highest BCUT2D eigenvalue weighted by Crippen LogP contribution is 2.42. The maximum atomic E-state index is 13.8. The number of rotatable bonds is 8. The average molecular weight is 477 g/mol. The van der Waals surface area contributed by atoms with Crippen LogP contribution in [-0.4, -0.2) is 30.9 Å². The van der Waals surface area contributed by atoms with Gasteiger partial charge in [-0.3, -0.25) is 9.36 Å². The third kappa shape index (κ3) is 4.61. The normalized spacial score (nSPS) is 11.0. The molecule has 0 aliphatic rings. The van der Waals surface area contributed by atoms with Crippen molar-refractivity contribution in [1.82, 2.24) is 9.55 Å². The number of methoxy groups -OCH3 is 3. The fourth-order valence-corrected chi connectivity index (χ4v) is 4.79. The minimum Gasteiger partial charge on any atom is -0.493 e. The Bertz CT molecular complexity index is 1380. The largest absolute Gasteiger partial charge is 0.493 e. The van der Waals surface area contributed by atoms with Gasteiger partial charge in [0.2, 0.25) is 5.75 Å². The monoisotopic (exact) mass is 476 g/mol. The van der Waals surface area contributed by atoms with E-state index in [2.05, 4.69) is 32.0 Å². The molecule has 7 heteroatoms. The highest BCUT2D eigenvalue weighted by atomic mass is 32.2. The predicted octanol–water partition coefficient (Wildman–Crippen LogP) is 5.38. The third-order valence-corrected chi connectivity index (χ3v) is 6.89. The second-order valence-corrected chi connectivity index (χ2v) is 8.96. The number of benzene rings is 3. The van der Waals surface area contributed by atoms with E-state index in [4.69, 9.17) is 19.2 Å². The number of ether oxygens (including phenoxy) is 3. The van der Waals surface area contributed by atoms with Gasteiger partial charge in [-0.15, -0.1) is 0 Å². The standard InChI is InChI=1S/C27H28N2O4S/c1-17-11-12-20(13-18(17)2)16-34-27-28-23-21(14-22(31-3)24(32-4)25(23)33-5)26(30)29(27)15-19-9-7-6-8-10-19/h6-14H,15-16H2,1-5H3. The van der Waals surface area contributed by atoms with Crippen molar-refractivity contribution in [3.05, 3.63) is 87.2 Å². The molecule has 3 aromatic carbocycles. The Kier molecular flexibility index (Phi) is 7.12. The van der Waals surface area contributed by atoms with Crippen LogP contribution in [0.25, 0.3) is 10.9 Å². The van der Waals surface area contributed by atoms with Crippen molar-refractivity contribution in [1.29, 1.82) is 0 Å². The molecule has 0 bridgehead atoms. The molecule has 0 aliphatic carbocycles. The first-order valence-electron chi connectivity index (χ1n) is 10.9. The summed E-state index contributed by atoms with van der Waals surface area (Å²) in [6.45, 7) is 4.62. The summed E-state index contributed by atoms with van der Waals surface area (Å²) in [6.07, 6.45) is 0. The fourth-order valence-electron chi connectivity index (χ4n) is 3.86. The SMILES string of the molecule is COc1cc2c(=O)n(Cc3ccccc3)c(SCc3ccc(C)c(C)c3)nc2c(OC)c1OC. The molecule has 0 aliphatic heterocycles. The second-order valence-electron chi connectivity index (χ2n) is 8.02. The van der Waals surface area contributed by atoms with Gasteiger partial charge in [0.05, 0.1) is 33.3 Å². The molecule has 0 saturated carbocycles. The molecule has 0 saturated heterocycles. The molecule has 1 aromatic heterocycles. The average Bonchev–Trinajstić information content (AvgIpc) is 2.86. The highest BCUT2D eigenvalue weighted by Gasteiger charge is 2.22. The molecule has 0 radical (unpaired) electrons. The lowest BCUT2D eigenvalue weighted by Gasteiger charge is -2.17. The summed E-state index contributed by atoms with van der Waals surface area (Å²) in [5, 5.41) is 1.03. The summed E-state index contributed by atoms with van der Waals surface area (Å²) in [6, 6.07) is 18.0. The van der Waals surface area contributed by atoms with Crippen molar-refractivity contribution in [3.63, 3.8) is 0 Å². The van der Waals surface area contributed by atoms with Gasteiger partial charge in [-0.1, -0.05) is 60.3 Å². The minimum absolute atomic E-state index is 0.157. The number of hydrogen-bond acceptors (Lipinski definition) is 6. The Morgan fingerprint density at radius 1 is 0.853 bits per heavy atom. The Morgan fingerprint density at radius 2 is 1.59 bits per heavy atom. The van der Waals surface area contributed by atoms with Gasteiger partial charge in [-0.05, 0) is 42.2 Å². The Balaban J connectivity index is 1.88. The van der Waals surface area contributed by atoms with E-state index < -0.39 is 0 Å². The Morgan fingerprint density at radius 3 is 2.24 bits per heavy atom. The van der Waals surface area contributed by atoms with E-state index in [1.165, 1.54) is 49.8 Å². The topological polar surface area (TPSA) is 62.6 Å². The van der Waals surface area contributed by atoms with Gasteiger partial charge in [0.1, 0.15) is 5.52 Å². The zero-order valence-electron chi connectivity index (χ0n) is 20.0. The Hall–Kier alpha value is -3.45. The van der Waals surface area contributed by atoms with Crippen LogP contribution in [0.2, 0.25) is 0 Å². The first-order chi connectivity index (χ1) is 16.5. The lowest BCUT2D eigenvalue weighted by atomic mass is 10.1. The van der Waals surface area contributed by atoms with E-state index in [1.807, 2.05) is 30.3 Å². The molecule has 34 heavy (non-hydrogen) atoms. The molecular weight excluding hydrogens is 448 g/mol. The van der Waals surface area contributed by atoms with Crippen LogP contribution >= 0.6 is 11.8 Å². The Labute approximate surface area is 203 Å². The molecule has 0 amide bonds. The van der Waals surface area contributed by atoms with Crippen molar-refractivity contribution in [3.8, 4) is 17.2 Å². The number of nitrogens with zero attached hydrogens (tertiary/aromatic N) is 2. The minimum atomic E-state index is -0.157. The molecule has 4 rings (SSSR count). The number of hydrogen-bond donors (Lipinski definition) is 0. The smallest absolute Gasteiger partial charge is 0.262 e. The van der Waals surface area contributed by atoms with Gasteiger partial charge in [-0.25, -0.2) is 4.98 Å². The fraction of sp³-hybridized carbons (Fsp3) is 0.259. The molecule has 0 fully saturated rings. The highest BCUT2D eigenvalue weighted by molar-refractivity contribution is 7.98. The van der Waals surface area contributed by atoms with Crippen LogP contribution in [0.3, 0.4) is 0 Å². The molecule has 6 nitrogen and oxygen atoms in total. The van der Waals surface area contributed by atoms with Gasteiger partial charge in [0, 0.05) is 5.75 Å². The van der Waals surface area contributed by atoms with E-state index in [0.717, 1.165) is 5.56 Å². The lowest BCUT2D eigenvalue weighted by Crippen LogP contribution is -2.24. The molecular formula is C27H28N2O4S.